The van der Waals surface area contributed by atoms with Crippen LogP contribution in [0.2, 0.25) is 0 Å². The number of nitrogens with two attached hydrogens (primary N) is 1. The number of carbonyl (C=O) groups excluding carboxylic acids is 1. The highest BCUT2D eigenvalue weighted by Gasteiger charge is 2.11. The molecule has 92 valence electrons. The molecule has 0 radical (unpaired) electrons. The number of Topliss-reactive ketones (excluding diaryl/α,β-unsaturated/α-hetero) is 1. The largest absolute Gasteiger partial charge is 0.398 e. The summed E-state index contributed by atoms with van der Waals surface area (Å²) in [6.45, 7) is 5.87. The number of nitrogen functional groups attached to an aromatic ring is 1. The van der Waals surface area contributed by atoms with Gasteiger partial charge in [0, 0.05) is 17.7 Å². The van der Waals surface area contributed by atoms with Gasteiger partial charge in [0.15, 0.2) is 5.78 Å². The predicted molar refractivity (Wildman–Crippen MR) is 76.7 cm³/mol. The second kappa shape index (κ2) is 5.05. The van der Waals surface area contributed by atoms with Crippen LogP contribution in [-0.4, -0.2) is 5.78 Å². The summed E-state index contributed by atoms with van der Waals surface area (Å²) in [7, 11) is 0. The van der Waals surface area contributed by atoms with Crippen molar-refractivity contribution in [1.29, 1.82) is 0 Å². The minimum absolute atomic E-state index is 0.0464. The fourth-order valence-corrected chi connectivity index (χ4v) is 1.95. The van der Waals surface area contributed by atoms with E-state index in [2.05, 4.69) is 6.58 Å². The van der Waals surface area contributed by atoms with E-state index in [-0.39, 0.29) is 5.78 Å². The summed E-state index contributed by atoms with van der Waals surface area (Å²) < 4.78 is 0. The number of rotatable bonds is 4. The van der Waals surface area contributed by atoms with Gasteiger partial charge in [0.25, 0.3) is 0 Å². The van der Waals surface area contributed by atoms with Gasteiger partial charge in [-0.1, -0.05) is 43.3 Å². The van der Waals surface area contributed by atoms with Crippen LogP contribution in [0.5, 0.6) is 0 Å². The van der Waals surface area contributed by atoms with Gasteiger partial charge < -0.3 is 5.73 Å². The van der Waals surface area contributed by atoms with Gasteiger partial charge in [-0.05, 0) is 29.3 Å². The van der Waals surface area contributed by atoms with Crippen LogP contribution in [0.1, 0.15) is 30.1 Å². The summed E-state index contributed by atoms with van der Waals surface area (Å²) in [5.74, 6) is 0.0464. The van der Waals surface area contributed by atoms with Crippen molar-refractivity contribution in [3.8, 4) is 0 Å². The van der Waals surface area contributed by atoms with Crippen LogP contribution in [0.3, 0.4) is 0 Å². The van der Waals surface area contributed by atoms with Gasteiger partial charge in [-0.15, -0.1) is 0 Å². The Morgan fingerprint density at radius 2 is 1.83 bits per heavy atom. The van der Waals surface area contributed by atoms with E-state index >= 15 is 0 Å². The third kappa shape index (κ3) is 2.43. The summed E-state index contributed by atoms with van der Waals surface area (Å²) in [5.41, 5.74) is 8.04. The molecule has 2 heteroatoms. The fourth-order valence-electron chi connectivity index (χ4n) is 1.95. The Kier molecular flexibility index (Phi) is 3.47. The smallest absolute Gasteiger partial charge is 0.168 e. The van der Waals surface area contributed by atoms with Gasteiger partial charge in [-0.25, -0.2) is 0 Å². The second-order valence-electron chi connectivity index (χ2n) is 4.49. The van der Waals surface area contributed by atoms with E-state index in [1.54, 1.807) is 0 Å². The third-order valence-electron chi connectivity index (χ3n) is 3.13. The lowest BCUT2D eigenvalue weighted by Crippen LogP contribution is -2.04. The van der Waals surface area contributed by atoms with Crippen LogP contribution in [0, 0.1) is 0 Å². The highest BCUT2D eigenvalue weighted by Crippen LogP contribution is 2.24. The van der Waals surface area contributed by atoms with Gasteiger partial charge in [-0.2, -0.15) is 0 Å². The zero-order valence-corrected chi connectivity index (χ0v) is 10.6. The lowest BCUT2D eigenvalue weighted by molar-refractivity contribution is 0.0993. The quantitative estimate of drug-likeness (QED) is 0.498. The molecule has 18 heavy (non-hydrogen) atoms. The minimum Gasteiger partial charge on any atom is -0.398 e. The van der Waals surface area contributed by atoms with Crippen molar-refractivity contribution in [2.45, 2.75) is 19.8 Å². The lowest BCUT2D eigenvalue weighted by atomic mass is 9.98. The molecule has 0 saturated heterocycles. The molecule has 2 aromatic rings. The minimum atomic E-state index is 0.0464. The number of anilines is 1. The number of benzene rings is 2. The summed E-state index contributed by atoms with van der Waals surface area (Å²) >= 11 is 0. The number of allylic oxidation sites excluding steroid dienone is 1. The molecule has 0 fully saturated rings. The standard InChI is InChI=1S/C16H17NO/c1-3-11(2)8-16(18)14-9-12-6-4-5-7-13(12)10-15(14)17/h4-7,9-10H,2-3,8,17H2,1H3. The maximum Gasteiger partial charge on any atom is 0.168 e. The highest BCUT2D eigenvalue weighted by atomic mass is 16.1. The van der Waals surface area contributed by atoms with Crippen LogP contribution in [0.15, 0.2) is 48.6 Å². The summed E-state index contributed by atoms with van der Waals surface area (Å²) in [6, 6.07) is 11.6. The predicted octanol–water partition coefficient (Wildman–Crippen LogP) is 3.96. The Balaban J connectivity index is 2.41. The molecule has 0 unspecified atom stereocenters. The van der Waals surface area contributed by atoms with E-state index in [0.29, 0.717) is 17.7 Å². The van der Waals surface area contributed by atoms with Crippen LogP contribution in [-0.2, 0) is 0 Å². The number of fused-ring (bicyclic) bond motifs is 1. The van der Waals surface area contributed by atoms with E-state index < -0.39 is 0 Å². The molecule has 2 nitrogen and oxygen atoms in total. The summed E-state index contributed by atoms with van der Waals surface area (Å²) in [6.07, 6.45) is 1.19. The Hall–Kier alpha value is -2.09. The first-order valence-electron chi connectivity index (χ1n) is 6.10. The van der Waals surface area contributed by atoms with Crippen LogP contribution in [0.4, 0.5) is 5.69 Å². The molecule has 0 spiro atoms. The van der Waals surface area contributed by atoms with Gasteiger partial charge in [0.1, 0.15) is 0 Å². The first kappa shape index (κ1) is 12.4. The molecule has 2 aromatic carbocycles. The number of carbonyl (C=O) groups is 1. The third-order valence-corrected chi connectivity index (χ3v) is 3.13. The molecule has 0 aliphatic rings. The van der Waals surface area contributed by atoms with Crippen molar-refractivity contribution in [3.63, 3.8) is 0 Å². The second-order valence-corrected chi connectivity index (χ2v) is 4.49. The number of hydrogen-bond acceptors (Lipinski definition) is 2. The van der Waals surface area contributed by atoms with Crippen LogP contribution >= 0.6 is 0 Å². The van der Waals surface area contributed by atoms with Crippen LogP contribution < -0.4 is 5.73 Å². The zero-order valence-electron chi connectivity index (χ0n) is 10.6. The van der Waals surface area contributed by atoms with E-state index in [4.69, 9.17) is 5.73 Å². The monoisotopic (exact) mass is 239 g/mol. The Morgan fingerprint density at radius 1 is 1.22 bits per heavy atom. The van der Waals surface area contributed by atoms with Crippen molar-refractivity contribution < 1.29 is 4.79 Å². The molecule has 0 bridgehead atoms. The normalized spacial score (nSPS) is 10.5. The summed E-state index contributed by atoms with van der Waals surface area (Å²) in [4.78, 5) is 12.1. The molecule has 2 N–H and O–H groups in total. The average molecular weight is 239 g/mol. The van der Waals surface area contributed by atoms with Crippen LogP contribution in [0.25, 0.3) is 10.8 Å². The Morgan fingerprint density at radius 3 is 2.44 bits per heavy atom. The maximum absolute atomic E-state index is 12.1. The molecule has 0 aliphatic carbocycles. The molecule has 0 heterocycles. The van der Waals surface area contributed by atoms with Crippen molar-refractivity contribution in [2.24, 2.45) is 0 Å². The summed E-state index contributed by atoms with van der Waals surface area (Å²) in [5, 5.41) is 2.10. The average Bonchev–Trinajstić information content (AvgIpc) is 2.37. The molecular weight excluding hydrogens is 222 g/mol. The molecule has 0 atom stereocenters. The first-order chi connectivity index (χ1) is 8.61. The molecule has 2 rings (SSSR count). The topological polar surface area (TPSA) is 43.1 Å². The maximum atomic E-state index is 12.1. The number of ketones is 1. The highest BCUT2D eigenvalue weighted by molar-refractivity contribution is 6.05. The Bertz CT molecular complexity index is 614. The van der Waals surface area contributed by atoms with E-state index in [0.717, 1.165) is 22.8 Å². The molecular formula is C16H17NO. The first-order valence-corrected chi connectivity index (χ1v) is 6.10. The lowest BCUT2D eigenvalue weighted by Gasteiger charge is -2.08. The molecule has 0 amide bonds. The van der Waals surface area contributed by atoms with E-state index in [9.17, 15) is 4.79 Å². The Labute approximate surface area is 107 Å². The van der Waals surface area contributed by atoms with Gasteiger partial charge >= 0.3 is 0 Å². The van der Waals surface area contributed by atoms with Gasteiger partial charge in [0.2, 0.25) is 0 Å². The fraction of sp³-hybridized carbons (Fsp3) is 0.188. The molecule has 0 aromatic heterocycles. The van der Waals surface area contributed by atoms with Crippen molar-refractivity contribution in [3.05, 3.63) is 54.1 Å². The van der Waals surface area contributed by atoms with Crippen molar-refractivity contribution in [2.75, 3.05) is 5.73 Å². The molecule has 0 aliphatic heterocycles. The molecule has 0 saturated carbocycles. The van der Waals surface area contributed by atoms with E-state index in [1.807, 2.05) is 43.3 Å². The van der Waals surface area contributed by atoms with Gasteiger partial charge in [-0.3, -0.25) is 4.79 Å². The zero-order chi connectivity index (χ0) is 13.1. The SMILES string of the molecule is C=C(CC)CC(=O)c1cc2ccccc2cc1N. The number of hydrogen-bond donors (Lipinski definition) is 1. The van der Waals surface area contributed by atoms with Crippen molar-refractivity contribution >= 4 is 22.2 Å². The van der Waals surface area contributed by atoms with Gasteiger partial charge in [0.05, 0.1) is 0 Å². The van der Waals surface area contributed by atoms with E-state index in [1.165, 1.54) is 0 Å². The van der Waals surface area contributed by atoms with Crippen molar-refractivity contribution in [1.82, 2.24) is 0 Å².